The maximum atomic E-state index is 13.4. The summed E-state index contributed by atoms with van der Waals surface area (Å²) in [5.41, 5.74) is 6.76. The van der Waals surface area contributed by atoms with Crippen LogP contribution in [0.25, 0.3) is 11.0 Å². The van der Waals surface area contributed by atoms with Crippen LogP contribution in [0.2, 0.25) is 0 Å². The Hall–Kier alpha value is -1.15. The summed E-state index contributed by atoms with van der Waals surface area (Å²) in [6.07, 6.45) is 0. The highest BCUT2D eigenvalue weighted by atomic mass is 79.9. The molecule has 0 aliphatic carbocycles. The van der Waals surface area contributed by atoms with Gasteiger partial charge in [-0.1, -0.05) is 6.92 Å². The Morgan fingerprint density at radius 1 is 1.47 bits per heavy atom. The minimum absolute atomic E-state index is 0.0197. The van der Waals surface area contributed by atoms with Crippen LogP contribution in [0.3, 0.4) is 0 Å². The first-order chi connectivity index (χ1) is 8.84. The molecule has 1 heterocycles. The molecule has 0 atom stereocenters. The van der Waals surface area contributed by atoms with E-state index in [9.17, 15) is 12.8 Å². The molecule has 19 heavy (non-hydrogen) atoms. The fourth-order valence-electron chi connectivity index (χ4n) is 1.75. The number of halogens is 2. The van der Waals surface area contributed by atoms with Crippen LogP contribution in [0.15, 0.2) is 16.6 Å². The topological polar surface area (TPSA) is 78.0 Å². The van der Waals surface area contributed by atoms with Crippen molar-refractivity contribution in [3.63, 3.8) is 0 Å². The lowest BCUT2D eigenvalue weighted by atomic mass is 10.3. The van der Waals surface area contributed by atoms with E-state index in [1.165, 1.54) is 6.07 Å². The maximum Gasteiger partial charge on any atom is 0.201 e. The Morgan fingerprint density at radius 2 is 2.16 bits per heavy atom. The Morgan fingerprint density at radius 3 is 2.79 bits per heavy atom. The number of benzene rings is 1. The summed E-state index contributed by atoms with van der Waals surface area (Å²) in [6.45, 7) is 1.80. The van der Waals surface area contributed by atoms with Gasteiger partial charge in [-0.25, -0.2) is 17.8 Å². The van der Waals surface area contributed by atoms with Gasteiger partial charge in [0.05, 0.1) is 21.3 Å². The largest absolute Gasteiger partial charge is 0.369 e. The molecule has 0 unspecified atom stereocenters. The number of sulfone groups is 1. The molecule has 0 aliphatic heterocycles. The predicted octanol–water partition coefficient (Wildman–Crippen LogP) is 1.95. The second-order valence-corrected chi connectivity index (χ2v) is 7.44. The summed E-state index contributed by atoms with van der Waals surface area (Å²) in [4.78, 5) is 4.03. The van der Waals surface area contributed by atoms with Gasteiger partial charge in [0.1, 0.15) is 5.82 Å². The van der Waals surface area contributed by atoms with E-state index in [4.69, 9.17) is 5.73 Å². The Kier molecular flexibility index (Phi) is 3.82. The van der Waals surface area contributed by atoms with Crippen molar-refractivity contribution in [2.24, 2.45) is 0 Å². The molecular weight excluding hydrogens is 337 g/mol. The number of aryl methyl sites for hydroxylation is 1. The summed E-state index contributed by atoms with van der Waals surface area (Å²) in [5, 5.41) is 0. The van der Waals surface area contributed by atoms with Crippen molar-refractivity contribution in [2.45, 2.75) is 13.5 Å². The number of anilines is 1. The van der Waals surface area contributed by atoms with Crippen LogP contribution in [0, 0.1) is 5.82 Å². The zero-order chi connectivity index (χ0) is 14.2. The van der Waals surface area contributed by atoms with Gasteiger partial charge >= 0.3 is 0 Å². The lowest BCUT2D eigenvalue weighted by molar-refractivity contribution is 0.591. The molecule has 2 N–H and O–H groups in total. The van der Waals surface area contributed by atoms with Gasteiger partial charge in [0, 0.05) is 18.4 Å². The third-order valence-electron chi connectivity index (χ3n) is 2.89. The normalized spacial score (nSPS) is 12.2. The number of rotatable bonds is 4. The summed E-state index contributed by atoms with van der Waals surface area (Å²) in [5.74, 6) is -0.191. The molecule has 0 radical (unpaired) electrons. The third kappa shape index (κ3) is 2.89. The molecule has 1 aromatic heterocycles. The van der Waals surface area contributed by atoms with Gasteiger partial charge in [0.25, 0.3) is 0 Å². The van der Waals surface area contributed by atoms with Crippen LogP contribution >= 0.6 is 15.9 Å². The van der Waals surface area contributed by atoms with E-state index in [0.717, 1.165) is 0 Å². The first kappa shape index (κ1) is 14.3. The number of nitrogens with two attached hydrogens (primary N) is 1. The molecule has 0 aliphatic rings. The number of hydrogen-bond acceptors (Lipinski definition) is 4. The smallest absolute Gasteiger partial charge is 0.201 e. The van der Waals surface area contributed by atoms with Crippen molar-refractivity contribution in [1.82, 2.24) is 9.55 Å². The van der Waals surface area contributed by atoms with Crippen molar-refractivity contribution >= 4 is 42.7 Å². The molecule has 2 aromatic rings. The molecule has 0 saturated carbocycles. The van der Waals surface area contributed by atoms with Crippen molar-refractivity contribution < 1.29 is 12.8 Å². The first-order valence-electron chi connectivity index (χ1n) is 5.65. The van der Waals surface area contributed by atoms with Gasteiger partial charge in [-0.2, -0.15) is 0 Å². The van der Waals surface area contributed by atoms with Crippen LogP contribution in [-0.4, -0.2) is 29.5 Å². The highest BCUT2D eigenvalue weighted by Gasteiger charge is 2.14. The predicted molar refractivity (Wildman–Crippen MR) is 76.1 cm³/mol. The van der Waals surface area contributed by atoms with Crippen LogP contribution in [-0.2, 0) is 16.4 Å². The SMILES string of the molecule is CCS(=O)(=O)CCn1c(N)nc2cc(F)c(Br)cc21. The maximum absolute atomic E-state index is 13.4. The van der Waals surface area contributed by atoms with Gasteiger partial charge in [-0.15, -0.1) is 0 Å². The van der Waals surface area contributed by atoms with Gasteiger partial charge in [-0.3, -0.25) is 0 Å². The highest BCUT2D eigenvalue weighted by Crippen LogP contribution is 2.25. The third-order valence-corrected chi connectivity index (χ3v) is 5.18. The fourth-order valence-corrected chi connectivity index (χ4v) is 2.83. The summed E-state index contributed by atoms with van der Waals surface area (Å²) in [7, 11) is -3.09. The summed E-state index contributed by atoms with van der Waals surface area (Å²) >= 11 is 3.09. The average Bonchev–Trinajstić information content (AvgIpc) is 2.63. The van der Waals surface area contributed by atoms with Crippen LogP contribution in [0.1, 0.15) is 6.92 Å². The van der Waals surface area contributed by atoms with Crippen LogP contribution < -0.4 is 5.73 Å². The molecule has 0 spiro atoms. The molecule has 2 rings (SSSR count). The lowest BCUT2D eigenvalue weighted by Crippen LogP contribution is -2.15. The second-order valence-electron chi connectivity index (χ2n) is 4.11. The number of fused-ring (bicyclic) bond motifs is 1. The van der Waals surface area contributed by atoms with E-state index in [-0.39, 0.29) is 24.0 Å². The lowest BCUT2D eigenvalue weighted by Gasteiger charge is -2.06. The molecule has 5 nitrogen and oxygen atoms in total. The van der Waals surface area contributed by atoms with E-state index in [1.54, 1.807) is 17.6 Å². The van der Waals surface area contributed by atoms with Gasteiger partial charge in [0.15, 0.2) is 9.84 Å². The van der Waals surface area contributed by atoms with Crippen molar-refractivity contribution in [3.05, 3.63) is 22.4 Å². The average molecular weight is 350 g/mol. The Balaban J connectivity index is 2.43. The zero-order valence-corrected chi connectivity index (χ0v) is 12.6. The number of nitrogen functional groups attached to an aromatic ring is 1. The van der Waals surface area contributed by atoms with Gasteiger partial charge in [0.2, 0.25) is 5.95 Å². The van der Waals surface area contributed by atoms with Crippen molar-refractivity contribution in [3.8, 4) is 0 Å². The minimum Gasteiger partial charge on any atom is -0.369 e. The molecule has 0 fully saturated rings. The van der Waals surface area contributed by atoms with Crippen LogP contribution in [0.4, 0.5) is 10.3 Å². The van der Waals surface area contributed by atoms with Crippen molar-refractivity contribution in [2.75, 3.05) is 17.2 Å². The molecular formula is C11H13BrFN3O2S. The minimum atomic E-state index is -3.09. The van der Waals surface area contributed by atoms with E-state index in [0.29, 0.717) is 15.5 Å². The number of hydrogen-bond donors (Lipinski definition) is 1. The molecule has 8 heteroatoms. The van der Waals surface area contributed by atoms with Gasteiger partial charge in [-0.05, 0) is 22.0 Å². The van der Waals surface area contributed by atoms with E-state index < -0.39 is 15.7 Å². The van der Waals surface area contributed by atoms with E-state index in [2.05, 4.69) is 20.9 Å². The number of aromatic nitrogens is 2. The first-order valence-corrected chi connectivity index (χ1v) is 8.26. The van der Waals surface area contributed by atoms with E-state index in [1.807, 2.05) is 0 Å². The van der Waals surface area contributed by atoms with Crippen LogP contribution in [0.5, 0.6) is 0 Å². The fraction of sp³-hybridized carbons (Fsp3) is 0.364. The Labute approximate surface area is 118 Å². The molecule has 104 valence electrons. The zero-order valence-electron chi connectivity index (χ0n) is 10.2. The molecule has 0 saturated heterocycles. The standard InChI is InChI=1S/C11H13BrFN3O2S/c1-2-19(17,18)4-3-16-10-5-7(12)8(13)6-9(10)15-11(16)14/h5-6H,2-4H2,1H3,(H2,14,15). The molecule has 0 amide bonds. The summed E-state index contributed by atoms with van der Waals surface area (Å²) < 4.78 is 38.3. The Bertz CT molecular complexity index is 727. The van der Waals surface area contributed by atoms with E-state index >= 15 is 0 Å². The highest BCUT2D eigenvalue weighted by molar-refractivity contribution is 9.10. The second kappa shape index (κ2) is 5.09. The van der Waals surface area contributed by atoms with Gasteiger partial charge < -0.3 is 10.3 Å². The molecule has 1 aromatic carbocycles. The molecule has 0 bridgehead atoms. The quantitative estimate of drug-likeness (QED) is 0.914. The summed E-state index contributed by atoms with van der Waals surface area (Å²) in [6, 6.07) is 2.81. The number of nitrogens with zero attached hydrogens (tertiary/aromatic N) is 2. The monoisotopic (exact) mass is 349 g/mol. The van der Waals surface area contributed by atoms with Crippen molar-refractivity contribution in [1.29, 1.82) is 0 Å². The number of imidazole rings is 1.